The molecule has 0 saturated heterocycles. The lowest BCUT2D eigenvalue weighted by Gasteiger charge is -1.94. The fourth-order valence-electron chi connectivity index (χ4n) is 0.684. The highest BCUT2D eigenvalue weighted by molar-refractivity contribution is 5.76. The molecule has 1 N–H and O–H groups in total. The molecule has 1 aromatic rings. The van der Waals surface area contributed by atoms with Gasteiger partial charge in [-0.2, -0.15) is 0 Å². The van der Waals surface area contributed by atoms with Gasteiger partial charge in [0.1, 0.15) is 11.4 Å². The number of hydrogen-bond acceptors (Lipinski definition) is 3. The van der Waals surface area contributed by atoms with Crippen molar-refractivity contribution in [3.63, 3.8) is 0 Å². The van der Waals surface area contributed by atoms with Crippen molar-refractivity contribution in [1.29, 1.82) is 0 Å². The van der Waals surface area contributed by atoms with Crippen molar-refractivity contribution < 1.29 is 9.60 Å². The summed E-state index contributed by atoms with van der Waals surface area (Å²) in [6, 6.07) is 2.53. The number of terminal acetylenes is 1. The average molecular weight is 164 g/mol. The first-order valence-electron chi connectivity index (χ1n) is 3.08. The Hall–Kier alpha value is -1.89. The molecule has 0 aliphatic heterocycles. The molecule has 1 aromatic heterocycles. The summed E-state index contributed by atoms with van der Waals surface area (Å²) in [5.41, 5.74) is 0.222. The normalized spacial score (nSPS) is 10.0. The molecule has 0 atom stereocenters. The van der Waals surface area contributed by atoms with Gasteiger partial charge in [-0.15, -0.1) is 6.42 Å². The minimum Gasteiger partial charge on any atom is -0.411 e. The number of nitrogens with zero attached hydrogens (tertiary/aromatic N) is 2. The Morgan fingerprint density at radius 2 is 2.42 bits per heavy atom. The maximum absolute atomic E-state index is 12.8. The van der Waals surface area contributed by atoms with Crippen molar-refractivity contribution in [2.45, 2.75) is 0 Å². The zero-order valence-electron chi connectivity index (χ0n) is 6.03. The monoisotopic (exact) mass is 164 g/mol. The van der Waals surface area contributed by atoms with Crippen LogP contribution in [0, 0.1) is 18.2 Å². The molecule has 1 heterocycles. The van der Waals surface area contributed by atoms with Crippen LogP contribution in [0.2, 0.25) is 0 Å². The van der Waals surface area contributed by atoms with Crippen molar-refractivity contribution in [2.75, 3.05) is 0 Å². The minimum atomic E-state index is -0.577. The largest absolute Gasteiger partial charge is 0.411 e. The second-order valence-corrected chi connectivity index (χ2v) is 1.95. The van der Waals surface area contributed by atoms with Gasteiger partial charge < -0.3 is 5.21 Å². The first kappa shape index (κ1) is 8.21. The van der Waals surface area contributed by atoms with Gasteiger partial charge in [0.25, 0.3) is 0 Å². The van der Waals surface area contributed by atoms with E-state index in [1.54, 1.807) is 0 Å². The fraction of sp³-hybridized carbons (Fsp3) is 0. The van der Waals surface area contributed by atoms with Crippen molar-refractivity contribution >= 4 is 6.21 Å². The van der Waals surface area contributed by atoms with E-state index < -0.39 is 5.82 Å². The van der Waals surface area contributed by atoms with Crippen LogP contribution in [-0.4, -0.2) is 16.4 Å². The summed E-state index contributed by atoms with van der Waals surface area (Å²) in [5, 5.41) is 10.8. The predicted molar refractivity (Wildman–Crippen MR) is 41.5 cm³/mol. The zero-order chi connectivity index (χ0) is 8.97. The molecule has 4 heteroatoms. The van der Waals surface area contributed by atoms with Crippen molar-refractivity contribution in [1.82, 2.24) is 4.98 Å². The summed E-state index contributed by atoms with van der Waals surface area (Å²) in [4.78, 5) is 3.66. The third kappa shape index (κ3) is 1.58. The third-order valence-electron chi connectivity index (χ3n) is 1.20. The van der Waals surface area contributed by atoms with Crippen molar-refractivity contribution in [3.05, 3.63) is 29.3 Å². The molecular formula is C8H5FN2O. The van der Waals surface area contributed by atoms with E-state index in [0.29, 0.717) is 5.69 Å². The number of oxime groups is 1. The van der Waals surface area contributed by atoms with Crippen LogP contribution in [0.15, 0.2) is 17.3 Å². The van der Waals surface area contributed by atoms with Gasteiger partial charge in [0.15, 0.2) is 5.82 Å². The van der Waals surface area contributed by atoms with E-state index in [1.165, 1.54) is 12.1 Å². The number of rotatable bonds is 1. The number of hydrogen-bond donors (Lipinski definition) is 1. The van der Waals surface area contributed by atoms with Crippen molar-refractivity contribution in [3.8, 4) is 12.3 Å². The molecule has 3 nitrogen and oxygen atoms in total. The molecule has 0 bridgehead atoms. The van der Waals surface area contributed by atoms with Gasteiger partial charge in [0, 0.05) is 0 Å². The van der Waals surface area contributed by atoms with E-state index in [4.69, 9.17) is 11.6 Å². The SMILES string of the molecule is C#Cc1ccc(F)c(/C=N/O)n1. The molecule has 0 aliphatic carbocycles. The second-order valence-electron chi connectivity index (χ2n) is 1.95. The Morgan fingerprint density at radius 1 is 1.67 bits per heavy atom. The lowest BCUT2D eigenvalue weighted by Crippen LogP contribution is -1.95. The molecule has 0 fully saturated rings. The molecule has 0 aliphatic rings. The van der Waals surface area contributed by atoms with Gasteiger partial charge in [-0.1, -0.05) is 11.1 Å². The highest BCUT2D eigenvalue weighted by atomic mass is 19.1. The first-order valence-corrected chi connectivity index (χ1v) is 3.08. The lowest BCUT2D eigenvalue weighted by atomic mass is 10.3. The van der Waals surface area contributed by atoms with Crippen LogP contribution in [-0.2, 0) is 0 Å². The molecule has 12 heavy (non-hydrogen) atoms. The Balaban J connectivity index is 3.19. The van der Waals surface area contributed by atoms with Gasteiger partial charge in [-0.3, -0.25) is 0 Å². The highest BCUT2D eigenvalue weighted by Gasteiger charge is 2.00. The van der Waals surface area contributed by atoms with Gasteiger partial charge in [0.2, 0.25) is 0 Å². The molecule has 0 amide bonds. The summed E-state index contributed by atoms with van der Waals surface area (Å²) in [6.45, 7) is 0. The minimum absolute atomic E-state index is 0.0760. The lowest BCUT2D eigenvalue weighted by molar-refractivity contribution is 0.321. The maximum atomic E-state index is 12.8. The molecule has 0 radical (unpaired) electrons. The summed E-state index contributed by atoms with van der Waals surface area (Å²) < 4.78 is 12.8. The number of halogens is 1. The van der Waals surface area contributed by atoms with E-state index in [2.05, 4.69) is 16.1 Å². The van der Waals surface area contributed by atoms with Crippen LogP contribution in [0.3, 0.4) is 0 Å². The topological polar surface area (TPSA) is 45.5 Å². The number of pyridine rings is 1. The average Bonchev–Trinajstić information content (AvgIpc) is 2.09. The molecule has 0 aromatic carbocycles. The van der Waals surface area contributed by atoms with Gasteiger partial charge in [-0.25, -0.2) is 9.37 Å². The van der Waals surface area contributed by atoms with E-state index >= 15 is 0 Å². The highest BCUT2D eigenvalue weighted by Crippen LogP contribution is 2.02. The summed E-state index contributed by atoms with van der Waals surface area (Å²) in [5.74, 6) is 1.65. The third-order valence-corrected chi connectivity index (χ3v) is 1.20. The van der Waals surface area contributed by atoms with Crippen molar-refractivity contribution in [2.24, 2.45) is 5.16 Å². The van der Waals surface area contributed by atoms with Gasteiger partial charge in [-0.05, 0) is 12.1 Å². The standard InChI is InChI=1S/C8H5FN2O/c1-2-6-3-4-7(9)8(11-6)5-10-12/h1,3-5,12H/b10-5+. The molecule has 0 saturated carbocycles. The van der Waals surface area contributed by atoms with E-state index in [1.807, 2.05) is 0 Å². The van der Waals surface area contributed by atoms with E-state index in [0.717, 1.165) is 6.21 Å². The van der Waals surface area contributed by atoms with Crippen LogP contribution >= 0.6 is 0 Å². The van der Waals surface area contributed by atoms with Crippen LogP contribution in [0.1, 0.15) is 11.4 Å². The summed E-state index contributed by atoms with van der Waals surface area (Å²) in [6.07, 6.45) is 5.91. The van der Waals surface area contributed by atoms with E-state index in [9.17, 15) is 4.39 Å². The van der Waals surface area contributed by atoms with Gasteiger partial charge in [0.05, 0.1) is 6.21 Å². The summed E-state index contributed by atoms with van der Waals surface area (Å²) >= 11 is 0. The quantitative estimate of drug-likeness (QED) is 0.291. The molecule has 60 valence electrons. The predicted octanol–water partition coefficient (Wildman–Crippen LogP) is 1.01. The maximum Gasteiger partial charge on any atom is 0.150 e. The first-order chi connectivity index (χ1) is 5.77. The second kappa shape index (κ2) is 3.49. The molecule has 0 spiro atoms. The van der Waals surface area contributed by atoms with Crippen LogP contribution in [0.5, 0.6) is 0 Å². The smallest absolute Gasteiger partial charge is 0.150 e. The van der Waals surface area contributed by atoms with Crippen LogP contribution in [0.25, 0.3) is 0 Å². The Labute approximate surface area is 68.6 Å². The Bertz CT molecular complexity index is 355. The number of aromatic nitrogens is 1. The fourth-order valence-corrected chi connectivity index (χ4v) is 0.684. The Morgan fingerprint density at radius 3 is 3.00 bits per heavy atom. The molecular weight excluding hydrogens is 159 g/mol. The summed E-state index contributed by atoms with van der Waals surface area (Å²) in [7, 11) is 0. The zero-order valence-corrected chi connectivity index (χ0v) is 6.03. The van der Waals surface area contributed by atoms with Crippen LogP contribution in [0.4, 0.5) is 4.39 Å². The van der Waals surface area contributed by atoms with Gasteiger partial charge >= 0.3 is 0 Å². The Kier molecular flexibility index (Phi) is 2.38. The molecule has 1 rings (SSSR count). The van der Waals surface area contributed by atoms with E-state index in [-0.39, 0.29) is 5.69 Å². The molecule has 0 unspecified atom stereocenters. The van der Waals surface area contributed by atoms with Crippen LogP contribution < -0.4 is 0 Å².